The van der Waals surface area contributed by atoms with Crippen molar-refractivity contribution in [2.45, 2.75) is 49.0 Å². The van der Waals surface area contributed by atoms with Gasteiger partial charge in [0, 0.05) is 0 Å². The molecule has 0 aromatic carbocycles. The molecule has 3 radical (unpaired) electrons. The second-order valence-electron chi connectivity index (χ2n) is 6.73. The molecule has 0 spiro atoms. The van der Waals surface area contributed by atoms with Crippen LogP contribution >= 0.6 is 0 Å². The number of hydrogen-bond acceptors (Lipinski definition) is 7. The van der Waals surface area contributed by atoms with E-state index in [0.29, 0.717) is 38.3 Å². The Morgan fingerprint density at radius 3 is 2.26 bits per heavy atom. The predicted molar refractivity (Wildman–Crippen MR) is 114 cm³/mol. The topological polar surface area (TPSA) is 203 Å². The van der Waals surface area contributed by atoms with Crippen molar-refractivity contribution in [3.8, 4) is 0 Å². The minimum absolute atomic E-state index is 0.0472. The van der Waals surface area contributed by atoms with E-state index in [4.69, 9.17) is 15.3 Å². The maximum Gasteiger partial charge on any atom is 0.311 e. The van der Waals surface area contributed by atoms with Gasteiger partial charge in [-0.25, -0.2) is 0 Å². The van der Waals surface area contributed by atoms with Crippen molar-refractivity contribution in [2.75, 3.05) is 26.4 Å². The summed E-state index contributed by atoms with van der Waals surface area (Å²) in [6.07, 6.45) is 4.15. The molecule has 1 rings (SSSR count). The minimum atomic E-state index is -0.839. The van der Waals surface area contributed by atoms with Crippen LogP contribution in [-0.2, 0) is 28.7 Å². The van der Waals surface area contributed by atoms with Gasteiger partial charge in [0.1, 0.15) is 6.73 Å². The van der Waals surface area contributed by atoms with Crippen molar-refractivity contribution in [3.63, 3.8) is 0 Å². The average Bonchev–Trinajstić information content (AvgIpc) is 3.21. The third kappa shape index (κ3) is 16.5. The summed E-state index contributed by atoms with van der Waals surface area (Å²) in [4.78, 5) is 51.6. The van der Waals surface area contributed by atoms with Crippen LogP contribution in [0.15, 0.2) is 0 Å². The molecule has 0 aromatic rings. The number of ether oxygens (including phenoxy) is 1. The third-order valence-electron chi connectivity index (χ3n) is 4.20. The zero-order valence-corrected chi connectivity index (χ0v) is 21.7. The second-order valence-corrected chi connectivity index (χ2v) is 8.32. The van der Waals surface area contributed by atoms with E-state index in [1.165, 1.54) is 0 Å². The number of carbonyl (C=O) groups excluding carboxylic acids is 4. The van der Waals surface area contributed by atoms with E-state index < -0.39 is 11.4 Å². The molecule has 31 heavy (non-hydrogen) atoms. The molecule has 8 N–H and O–H groups in total. The molecule has 0 aromatic heterocycles. The first kappa shape index (κ1) is 31.4. The van der Waals surface area contributed by atoms with Gasteiger partial charge in [-0.15, -0.1) is 0 Å². The quantitative estimate of drug-likeness (QED) is 0.0609. The molecule has 0 saturated heterocycles. The maximum atomic E-state index is 11.2. The van der Waals surface area contributed by atoms with Gasteiger partial charge >= 0.3 is 83.4 Å². The molecule has 177 valence electrons. The van der Waals surface area contributed by atoms with Gasteiger partial charge in [-0.3, -0.25) is 19.2 Å². The minimum Gasteiger partial charge on any atom is -0.481 e. The Balaban J connectivity index is 0. The fourth-order valence-electron chi connectivity index (χ4n) is 2.58. The number of carbonyl (C=O) groups is 5. The zero-order chi connectivity index (χ0) is 24.1. The monoisotopic (exact) mass is 640 g/mol. The van der Waals surface area contributed by atoms with Gasteiger partial charge in [0.05, 0.1) is 18.6 Å². The first-order valence-corrected chi connectivity index (χ1v) is 12.5. The number of primary amides is 1. The van der Waals surface area contributed by atoms with Crippen molar-refractivity contribution in [3.05, 3.63) is 0 Å². The number of rotatable bonds is 12. The van der Waals surface area contributed by atoms with Gasteiger partial charge in [-0.2, -0.15) is 0 Å². The van der Waals surface area contributed by atoms with Gasteiger partial charge < -0.3 is 26.2 Å². The summed E-state index contributed by atoms with van der Waals surface area (Å²) in [6.45, 7) is 2.40. The normalized spacial score (nSPS) is 14.4. The van der Waals surface area contributed by atoms with Crippen molar-refractivity contribution < 1.29 is 33.8 Å². The molecular formula is C18H34N5O7Pb. The number of nitrogens with one attached hydrogen (secondary N) is 3. The van der Waals surface area contributed by atoms with Crippen LogP contribution in [0.5, 0.6) is 0 Å². The Morgan fingerprint density at radius 2 is 1.81 bits per heavy atom. The van der Waals surface area contributed by atoms with E-state index in [2.05, 4.69) is 21.7 Å². The van der Waals surface area contributed by atoms with Crippen LogP contribution in [0.25, 0.3) is 0 Å². The summed E-state index contributed by atoms with van der Waals surface area (Å²) < 4.78 is 6.31. The van der Waals surface area contributed by atoms with E-state index in [-0.39, 0.29) is 38.1 Å². The van der Waals surface area contributed by atoms with Gasteiger partial charge in [0.25, 0.3) is 0 Å². The molecule has 1 saturated carbocycles. The largest absolute Gasteiger partial charge is 0.481 e. The van der Waals surface area contributed by atoms with Crippen molar-refractivity contribution in [1.82, 2.24) is 16.0 Å². The van der Waals surface area contributed by atoms with Crippen LogP contribution in [-0.4, -0.2) is 93.9 Å². The molecule has 12 nitrogen and oxygen atoms in total. The standard InChI is InChI=1S/C11H18N2O5.C6H13N2O.CH3NO.Pb/c14-7-12-5-9(15)13-8-18-6-11(10(16)17)3-1-2-4-11;1-5(2)8-6(9)3-4-7;2-1-3;/h7H,1-6,8H2,(H,12,14)(H,13,15)(H,16,17);5H,1,3-4,7H2,2H3,(H,8,9);1H,(H2,2,3);. The van der Waals surface area contributed by atoms with Crippen LogP contribution in [0.4, 0.5) is 0 Å². The zero-order valence-electron chi connectivity index (χ0n) is 17.9. The Bertz CT molecular complexity index is 545. The summed E-state index contributed by atoms with van der Waals surface area (Å²) in [6, 6.07) is 0.339. The molecule has 0 aliphatic heterocycles. The van der Waals surface area contributed by atoms with Crippen LogP contribution in [0.2, 0.25) is 3.98 Å². The van der Waals surface area contributed by atoms with Gasteiger partial charge in [-0.05, 0) is 12.8 Å². The van der Waals surface area contributed by atoms with Crippen molar-refractivity contribution in [1.29, 1.82) is 0 Å². The summed E-state index contributed by atoms with van der Waals surface area (Å²) in [7, 11) is 0. The first-order chi connectivity index (χ1) is 14.7. The van der Waals surface area contributed by atoms with Crippen molar-refractivity contribution >= 4 is 56.4 Å². The third-order valence-corrected chi connectivity index (χ3v) is 6.58. The Morgan fingerprint density at radius 1 is 1.23 bits per heavy atom. The van der Waals surface area contributed by atoms with Gasteiger partial charge in [0.15, 0.2) is 0 Å². The van der Waals surface area contributed by atoms with E-state index in [1.807, 2.05) is 6.92 Å². The maximum absolute atomic E-state index is 11.2. The van der Waals surface area contributed by atoms with Crippen LogP contribution in [0.3, 0.4) is 0 Å². The van der Waals surface area contributed by atoms with E-state index in [0.717, 1.165) is 42.6 Å². The fourth-order valence-corrected chi connectivity index (χ4v) is 2.97. The SMILES string of the molecule is CC([CH2][Pb])NC(=O)CCN.NC=O.O=CNCC(=O)NCOCC1(C(=O)O)CCCC1. The molecular weight excluding hydrogens is 605 g/mol. The number of nitrogens with two attached hydrogens (primary N) is 2. The Hall–Kier alpha value is -1.81. The molecule has 0 heterocycles. The summed E-state index contributed by atoms with van der Waals surface area (Å²) in [5.41, 5.74) is 8.56. The molecule has 4 amide bonds. The summed E-state index contributed by atoms with van der Waals surface area (Å²) in [5, 5.41) is 16.7. The summed E-state index contributed by atoms with van der Waals surface area (Å²) in [5.74, 6) is -1.14. The van der Waals surface area contributed by atoms with Crippen molar-refractivity contribution in [2.24, 2.45) is 16.9 Å². The van der Waals surface area contributed by atoms with Crippen LogP contribution in [0, 0.1) is 5.41 Å². The number of carboxylic acids is 1. The van der Waals surface area contributed by atoms with E-state index in [1.54, 1.807) is 0 Å². The number of carboxylic acid groups (broad SMARTS) is 1. The second kappa shape index (κ2) is 20.1. The molecule has 1 unspecified atom stereocenters. The average molecular weight is 640 g/mol. The smallest absolute Gasteiger partial charge is 0.311 e. The van der Waals surface area contributed by atoms with Gasteiger partial charge in [-0.1, -0.05) is 12.8 Å². The molecule has 1 aliphatic rings. The number of aliphatic carboxylic acids is 1. The fraction of sp³-hybridized carbons (Fsp3) is 0.722. The Labute approximate surface area is 198 Å². The molecule has 1 aliphatic carbocycles. The molecule has 1 atom stereocenters. The first-order valence-electron chi connectivity index (χ1n) is 9.77. The number of amides is 4. The molecule has 13 heteroatoms. The predicted octanol–water partition coefficient (Wildman–Crippen LogP) is -2.00. The van der Waals surface area contributed by atoms with E-state index >= 15 is 0 Å². The summed E-state index contributed by atoms with van der Waals surface area (Å²) >= 11 is 1.14. The van der Waals surface area contributed by atoms with Crippen LogP contribution in [0.1, 0.15) is 39.0 Å². The Kier molecular flexibility index (Phi) is 20.4. The number of hydrogen-bond donors (Lipinski definition) is 6. The molecule has 1 fully saturated rings. The van der Waals surface area contributed by atoms with E-state index in [9.17, 15) is 24.3 Å². The van der Waals surface area contributed by atoms with Gasteiger partial charge in [0.2, 0.25) is 18.7 Å². The molecule has 0 bridgehead atoms. The van der Waals surface area contributed by atoms with Crippen LogP contribution < -0.4 is 27.4 Å².